The maximum absolute atomic E-state index is 10.00. The molecule has 23 heavy (non-hydrogen) atoms. The quantitative estimate of drug-likeness (QED) is 0.271. The lowest BCUT2D eigenvalue weighted by Crippen LogP contribution is -2.40. The van der Waals surface area contributed by atoms with Crippen LogP contribution in [-0.4, -0.2) is 34.2 Å². The Morgan fingerprint density at radius 1 is 1.17 bits per heavy atom. The molecule has 1 N–H and O–H groups in total. The van der Waals surface area contributed by atoms with E-state index < -0.39 is 22.5 Å². The summed E-state index contributed by atoms with van der Waals surface area (Å²) in [5, 5.41) is 10.2. The van der Waals surface area contributed by atoms with Crippen molar-refractivity contribution >= 4 is 39.0 Å². The lowest BCUT2D eigenvalue weighted by Gasteiger charge is -2.36. The van der Waals surface area contributed by atoms with Crippen molar-refractivity contribution in [2.45, 2.75) is 71.1 Å². The van der Waals surface area contributed by atoms with E-state index in [4.69, 9.17) is 4.43 Å². The zero-order valence-electron chi connectivity index (χ0n) is 15.8. The number of aliphatic hydroxyl groups is 1. The molecular weight excluding hydrogens is 431 g/mol. The summed E-state index contributed by atoms with van der Waals surface area (Å²) >= 11 is 2.14. The third kappa shape index (κ3) is 10.4. The molecular formula is C18H31IO2Si2. The summed E-state index contributed by atoms with van der Waals surface area (Å²) in [7, 11) is -3.07. The van der Waals surface area contributed by atoms with Crippen LogP contribution < -0.4 is 0 Å². The molecule has 0 aliphatic heterocycles. The molecule has 5 heteroatoms. The number of hydrogen-bond donors (Lipinski definition) is 1. The van der Waals surface area contributed by atoms with Gasteiger partial charge in [-0.25, -0.2) is 0 Å². The molecule has 0 bridgehead atoms. The molecule has 0 heterocycles. The second-order valence-corrected chi connectivity index (χ2v) is 19.0. The summed E-state index contributed by atoms with van der Waals surface area (Å²) in [5.41, 5.74) is 3.17. The molecule has 0 saturated carbocycles. The first kappa shape index (κ1) is 22.9. The molecule has 0 saturated heterocycles. The van der Waals surface area contributed by atoms with Crippen molar-refractivity contribution in [1.29, 1.82) is 0 Å². The van der Waals surface area contributed by atoms with Gasteiger partial charge in [0.05, 0.1) is 0 Å². The fourth-order valence-corrected chi connectivity index (χ4v) is 3.20. The van der Waals surface area contributed by atoms with Crippen LogP contribution in [0.3, 0.4) is 0 Å². The minimum Gasteiger partial charge on any atom is -0.417 e. The van der Waals surface area contributed by atoms with Crippen LogP contribution in [0, 0.1) is 23.3 Å². The maximum atomic E-state index is 10.00. The van der Waals surface area contributed by atoms with Gasteiger partial charge in [-0.3, -0.25) is 0 Å². The SMILES string of the molecule is CC(C)(C)[Si](C)(C)OCC/C=C(\I)C(O)C#CC#C[Si](C)(C)C. The monoisotopic (exact) mass is 462 g/mol. The lowest BCUT2D eigenvalue weighted by atomic mass is 10.2. The number of hydrogen-bond acceptors (Lipinski definition) is 2. The van der Waals surface area contributed by atoms with Crippen LogP contribution in [0.15, 0.2) is 9.66 Å². The van der Waals surface area contributed by atoms with Crippen molar-refractivity contribution in [3.05, 3.63) is 9.66 Å². The Bertz CT molecular complexity index is 532. The van der Waals surface area contributed by atoms with Crippen molar-refractivity contribution in [3.63, 3.8) is 0 Å². The highest BCUT2D eigenvalue weighted by Crippen LogP contribution is 2.36. The molecule has 130 valence electrons. The summed E-state index contributed by atoms with van der Waals surface area (Å²) in [6.45, 7) is 18.4. The Balaban J connectivity index is 4.46. The van der Waals surface area contributed by atoms with E-state index in [0.29, 0.717) is 6.61 Å². The van der Waals surface area contributed by atoms with Crippen LogP contribution in [0.25, 0.3) is 0 Å². The molecule has 1 unspecified atom stereocenters. The first-order valence-electron chi connectivity index (χ1n) is 7.96. The molecule has 0 rings (SSSR count). The zero-order chi connectivity index (χ0) is 18.3. The largest absolute Gasteiger partial charge is 0.417 e. The molecule has 0 aromatic carbocycles. The van der Waals surface area contributed by atoms with E-state index in [1.807, 2.05) is 6.08 Å². The molecule has 0 aliphatic rings. The summed E-state index contributed by atoms with van der Waals surface area (Å²) in [4.78, 5) is 0. The highest BCUT2D eigenvalue weighted by Gasteiger charge is 2.36. The van der Waals surface area contributed by atoms with Crippen LogP contribution in [0.5, 0.6) is 0 Å². The summed E-state index contributed by atoms with van der Waals surface area (Å²) in [5.74, 6) is 8.40. The molecule has 0 aliphatic carbocycles. The highest BCUT2D eigenvalue weighted by molar-refractivity contribution is 14.1. The summed E-state index contributed by atoms with van der Waals surface area (Å²) in [6.07, 6.45) is 2.04. The van der Waals surface area contributed by atoms with Crippen molar-refractivity contribution in [3.8, 4) is 23.3 Å². The number of rotatable bonds is 5. The predicted octanol–water partition coefficient (Wildman–Crippen LogP) is 4.96. The van der Waals surface area contributed by atoms with Gasteiger partial charge in [0.2, 0.25) is 0 Å². The average molecular weight is 463 g/mol. The van der Waals surface area contributed by atoms with Crippen LogP contribution in [0.1, 0.15) is 27.2 Å². The first-order valence-corrected chi connectivity index (χ1v) is 15.5. The van der Waals surface area contributed by atoms with E-state index in [1.54, 1.807) is 0 Å². The highest BCUT2D eigenvalue weighted by atomic mass is 127. The van der Waals surface area contributed by atoms with Gasteiger partial charge in [0.25, 0.3) is 0 Å². The second-order valence-electron chi connectivity index (χ2n) is 8.16. The standard InChI is InChI=1S/C18H31IO2Si2/c1-18(2,3)23(7,8)21-14-11-12-16(19)17(20)13-9-10-15-22(4,5)6/h12,17,20H,11,14H2,1-8H3/b16-12-. The van der Waals surface area contributed by atoms with Crippen LogP contribution in [0.4, 0.5) is 0 Å². The van der Waals surface area contributed by atoms with Gasteiger partial charge < -0.3 is 9.53 Å². The Morgan fingerprint density at radius 3 is 2.22 bits per heavy atom. The Labute approximate surface area is 158 Å². The van der Waals surface area contributed by atoms with Crippen molar-refractivity contribution in [2.75, 3.05) is 6.61 Å². The average Bonchev–Trinajstić information content (AvgIpc) is 2.36. The molecule has 2 nitrogen and oxygen atoms in total. The topological polar surface area (TPSA) is 29.5 Å². The van der Waals surface area contributed by atoms with Crippen molar-refractivity contribution < 1.29 is 9.53 Å². The van der Waals surface area contributed by atoms with E-state index in [2.05, 4.69) is 99.4 Å². The molecule has 0 spiro atoms. The van der Waals surface area contributed by atoms with Crippen LogP contribution >= 0.6 is 22.6 Å². The fraction of sp³-hybridized carbons (Fsp3) is 0.667. The minimum absolute atomic E-state index is 0.226. The van der Waals surface area contributed by atoms with Gasteiger partial charge in [-0.2, -0.15) is 0 Å². The first-order chi connectivity index (χ1) is 10.3. The van der Waals surface area contributed by atoms with Gasteiger partial charge in [0, 0.05) is 10.2 Å². The Morgan fingerprint density at radius 2 is 1.74 bits per heavy atom. The van der Waals surface area contributed by atoms with Gasteiger partial charge in [0.15, 0.2) is 8.32 Å². The van der Waals surface area contributed by atoms with Crippen LogP contribution in [-0.2, 0) is 4.43 Å². The van der Waals surface area contributed by atoms with Crippen molar-refractivity contribution in [2.24, 2.45) is 0 Å². The Kier molecular flexibility index (Phi) is 9.41. The molecule has 0 aromatic heterocycles. The maximum Gasteiger partial charge on any atom is 0.191 e. The molecule has 0 radical (unpaired) electrons. The van der Waals surface area contributed by atoms with Gasteiger partial charge >= 0.3 is 0 Å². The van der Waals surface area contributed by atoms with Gasteiger partial charge in [-0.05, 0) is 59.0 Å². The van der Waals surface area contributed by atoms with Gasteiger partial charge in [-0.1, -0.05) is 52.4 Å². The normalized spacial score (nSPS) is 14.4. The molecule has 1 atom stereocenters. The van der Waals surface area contributed by atoms with E-state index >= 15 is 0 Å². The predicted molar refractivity (Wildman–Crippen MR) is 115 cm³/mol. The number of aliphatic hydroxyl groups excluding tert-OH is 1. The smallest absolute Gasteiger partial charge is 0.191 e. The van der Waals surface area contributed by atoms with Crippen molar-refractivity contribution in [1.82, 2.24) is 0 Å². The summed E-state index contributed by atoms with van der Waals surface area (Å²) in [6, 6.07) is 0. The molecule has 0 amide bonds. The second kappa shape index (κ2) is 9.43. The van der Waals surface area contributed by atoms with E-state index in [9.17, 15) is 5.11 Å². The lowest BCUT2D eigenvalue weighted by molar-refractivity contribution is 0.276. The third-order valence-electron chi connectivity index (χ3n) is 3.70. The Hall–Kier alpha value is -0.0562. The fourth-order valence-electron chi connectivity index (χ4n) is 1.23. The van der Waals surface area contributed by atoms with Crippen LogP contribution in [0.2, 0.25) is 37.8 Å². The number of halogens is 1. The van der Waals surface area contributed by atoms with Gasteiger partial charge in [0.1, 0.15) is 14.2 Å². The molecule has 0 fully saturated rings. The summed E-state index contributed by atoms with van der Waals surface area (Å²) < 4.78 is 6.95. The third-order valence-corrected chi connectivity index (χ3v) is 10.1. The van der Waals surface area contributed by atoms with E-state index in [-0.39, 0.29) is 5.04 Å². The van der Waals surface area contributed by atoms with Gasteiger partial charge in [-0.15, -0.1) is 5.54 Å². The minimum atomic E-state index is -1.68. The van der Waals surface area contributed by atoms with E-state index in [1.165, 1.54) is 0 Å². The molecule has 0 aromatic rings. The van der Waals surface area contributed by atoms with E-state index in [0.717, 1.165) is 10.0 Å². The zero-order valence-corrected chi connectivity index (χ0v) is 20.0.